The van der Waals surface area contributed by atoms with E-state index >= 15 is 0 Å². The van der Waals surface area contributed by atoms with E-state index in [4.69, 9.17) is 11.6 Å². The summed E-state index contributed by atoms with van der Waals surface area (Å²) in [5, 5.41) is 13.5. The van der Waals surface area contributed by atoms with E-state index in [1.165, 1.54) is 24.8 Å². The van der Waals surface area contributed by atoms with Crippen LogP contribution in [0.25, 0.3) is 0 Å². The Balaban J connectivity index is 2.07. The molecule has 0 spiro atoms. The first-order chi connectivity index (χ1) is 7.79. The number of nitrogens with one attached hydrogen (secondary N) is 1. The summed E-state index contributed by atoms with van der Waals surface area (Å²) in [5.74, 6) is 0. The Morgan fingerprint density at radius 3 is 2.88 bits per heavy atom. The Kier molecular flexibility index (Phi) is 4.22. The van der Waals surface area contributed by atoms with Gasteiger partial charge in [-0.15, -0.1) is 0 Å². The average molecular weight is 240 g/mol. The van der Waals surface area contributed by atoms with Gasteiger partial charge in [-0.05, 0) is 49.1 Å². The van der Waals surface area contributed by atoms with E-state index in [2.05, 4.69) is 5.32 Å². The van der Waals surface area contributed by atoms with E-state index < -0.39 is 0 Å². The van der Waals surface area contributed by atoms with E-state index in [-0.39, 0.29) is 6.61 Å². The summed E-state index contributed by atoms with van der Waals surface area (Å²) in [5.41, 5.74) is 2.17. The molecule has 1 aliphatic heterocycles. The highest BCUT2D eigenvalue weighted by Crippen LogP contribution is 2.20. The Labute approximate surface area is 102 Å². The maximum Gasteiger partial charge on any atom is 0.0685 e. The lowest BCUT2D eigenvalue weighted by Gasteiger charge is -2.24. The number of piperidine rings is 1. The molecular formula is C13H18ClNO. The maximum atomic E-state index is 9.29. The zero-order valence-corrected chi connectivity index (χ0v) is 10.1. The minimum Gasteiger partial charge on any atom is -0.392 e. The van der Waals surface area contributed by atoms with Gasteiger partial charge < -0.3 is 10.4 Å². The number of hydrogen-bond acceptors (Lipinski definition) is 2. The molecule has 3 heteroatoms. The summed E-state index contributed by atoms with van der Waals surface area (Å²) < 4.78 is 0. The van der Waals surface area contributed by atoms with Crippen LogP contribution < -0.4 is 5.32 Å². The fraction of sp³-hybridized carbons (Fsp3) is 0.538. The molecule has 1 fully saturated rings. The lowest BCUT2D eigenvalue weighted by molar-refractivity contribution is 0.279. The van der Waals surface area contributed by atoms with Gasteiger partial charge >= 0.3 is 0 Å². The van der Waals surface area contributed by atoms with E-state index in [1.54, 1.807) is 0 Å². The van der Waals surface area contributed by atoms with Crippen LogP contribution in [0.2, 0.25) is 5.02 Å². The molecule has 1 aliphatic rings. The van der Waals surface area contributed by atoms with Crippen molar-refractivity contribution >= 4 is 11.6 Å². The SMILES string of the molecule is OCc1cc(Cl)ccc1CC1CCCCN1. The molecule has 0 saturated carbocycles. The zero-order valence-electron chi connectivity index (χ0n) is 9.38. The van der Waals surface area contributed by atoms with Gasteiger partial charge in [0.15, 0.2) is 0 Å². The average Bonchev–Trinajstić information content (AvgIpc) is 2.33. The molecule has 2 rings (SSSR count). The number of hydrogen-bond donors (Lipinski definition) is 2. The minimum atomic E-state index is 0.0720. The van der Waals surface area contributed by atoms with Crippen LogP contribution in [0.15, 0.2) is 18.2 Å². The van der Waals surface area contributed by atoms with Crippen molar-refractivity contribution in [2.45, 2.75) is 38.3 Å². The molecule has 0 aliphatic carbocycles. The van der Waals surface area contributed by atoms with Gasteiger partial charge in [-0.25, -0.2) is 0 Å². The number of rotatable bonds is 3. The number of benzene rings is 1. The lowest BCUT2D eigenvalue weighted by atomic mass is 9.95. The molecule has 1 aromatic rings. The van der Waals surface area contributed by atoms with Crippen LogP contribution in [0.4, 0.5) is 0 Å². The van der Waals surface area contributed by atoms with Gasteiger partial charge in [0.05, 0.1) is 6.61 Å². The molecule has 2 nitrogen and oxygen atoms in total. The van der Waals surface area contributed by atoms with Crippen molar-refractivity contribution in [2.75, 3.05) is 6.54 Å². The maximum absolute atomic E-state index is 9.29. The Morgan fingerprint density at radius 2 is 2.19 bits per heavy atom. The molecule has 1 atom stereocenters. The van der Waals surface area contributed by atoms with Gasteiger partial charge in [0.25, 0.3) is 0 Å². The molecule has 1 saturated heterocycles. The van der Waals surface area contributed by atoms with E-state index in [9.17, 15) is 5.11 Å². The van der Waals surface area contributed by atoms with Crippen LogP contribution in [-0.4, -0.2) is 17.7 Å². The predicted molar refractivity (Wildman–Crippen MR) is 66.7 cm³/mol. The smallest absolute Gasteiger partial charge is 0.0685 e. The molecule has 0 aromatic heterocycles. The zero-order chi connectivity index (χ0) is 11.4. The van der Waals surface area contributed by atoms with Gasteiger partial charge in [0.2, 0.25) is 0 Å². The summed E-state index contributed by atoms with van der Waals surface area (Å²) in [6, 6.07) is 6.35. The Morgan fingerprint density at radius 1 is 1.31 bits per heavy atom. The van der Waals surface area contributed by atoms with Crippen LogP contribution in [0.5, 0.6) is 0 Å². The van der Waals surface area contributed by atoms with Crippen molar-refractivity contribution in [3.63, 3.8) is 0 Å². The molecule has 0 amide bonds. The lowest BCUT2D eigenvalue weighted by Crippen LogP contribution is -2.35. The molecular weight excluding hydrogens is 222 g/mol. The third-order valence-electron chi connectivity index (χ3n) is 3.22. The first-order valence-corrected chi connectivity index (χ1v) is 6.29. The fourth-order valence-electron chi connectivity index (χ4n) is 2.30. The van der Waals surface area contributed by atoms with E-state index in [1.807, 2.05) is 18.2 Å². The van der Waals surface area contributed by atoms with Crippen LogP contribution in [0.3, 0.4) is 0 Å². The highest BCUT2D eigenvalue weighted by Gasteiger charge is 2.14. The van der Waals surface area contributed by atoms with Crippen molar-refractivity contribution < 1.29 is 5.11 Å². The van der Waals surface area contributed by atoms with E-state index in [0.29, 0.717) is 11.1 Å². The molecule has 16 heavy (non-hydrogen) atoms. The summed E-state index contributed by atoms with van der Waals surface area (Å²) in [6.45, 7) is 1.19. The number of aliphatic hydroxyl groups excluding tert-OH is 1. The largest absolute Gasteiger partial charge is 0.392 e. The highest BCUT2D eigenvalue weighted by molar-refractivity contribution is 6.30. The molecule has 88 valence electrons. The third kappa shape index (κ3) is 2.97. The Bertz CT molecular complexity index is 348. The summed E-state index contributed by atoms with van der Waals surface area (Å²) in [7, 11) is 0. The van der Waals surface area contributed by atoms with Crippen molar-refractivity contribution in [1.82, 2.24) is 5.32 Å². The predicted octanol–water partition coefficient (Wildman–Crippen LogP) is 2.52. The Hall–Kier alpha value is -0.570. The topological polar surface area (TPSA) is 32.3 Å². The van der Waals surface area contributed by atoms with Gasteiger partial charge in [0.1, 0.15) is 0 Å². The first-order valence-electron chi connectivity index (χ1n) is 5.91. The molecule has 0 bridgehead atoms. The first kappa shape index (κ1) is 11.9. The van der Waals surface area contributed by atoms with Gasteiger partial charge in [-0.2, -0.15) is 0 Å². The van der Waals surface area contributed by atoms with Crippen LogP contribution in [-0.2, 0) is 13.0 Å². The van der Waals surface area contributed by atoms with Gasteiger partial charge in [-0.1, -0.05) is 24.1 Å². The second-order valence-corrected chi connectivity index (χ2v) is 4.86. The second-order valence-electron chi connectivity index (χ2n) is 4.42. The highest BCUT2D eigenvalue weighted by atomic mass is 35.5. The normalized spacial score (nSPS) is 21.0. The van der Waals surface area contributed by atoms with Crippen LogP contribution in [0.1, 0.15) is 30.4 Å². The number of halogens is 1. The van der Waals surface area contributed by atoms with Crippen LogP contribution >= 0.6 is 11.6 Å². The molecule has 0 radical (unpaired) electrons. The molecule has 1 aromatic carbocycles. The van der Waals surface area contributed by atoms with Crippen molar-refractivity contribution in [3.8, 4) is 0 Å². The fourth-order valence-corrected chi connectivity index (χ4v) is 2.50. The standard InChI is InChI=1S/C13H18ClNO/c14-12-5-4-10(11(7-12)9-16)8-13-3-1-2-6-15-13/h4-5,7,13,15-16H,1-3,6,8-9H2. The third-order valence-corrected chi connectivity index (χ3v) is 3.45. The molecule has 2 N–H and O–H groups in total. The summed E-state index contributed by atoms with van der Waals surface area (Å²) in [6.07, 6.45) is 4.81. The summed E-state index contributed by atoms with van der Waals surface area (Å²) >= 11 is 5.91. The molecule has 1 heterocycles. The van der Waals surface area contributed by atoms with Crippen molar-refractivity contribution in [1.29, 1.82) is 0 Å². The van der Waals surface area contributed by atoms with Crippen LogP contribution in [0, 0.1) is 0 Å². The minimum absolute atomic E-state index is 0.0720. The monoisotopic (exact) mass is 239 g/mol. The van der Waals surface area contributed by atoms with Gasteiger partial charge in [0, 0.05) is 11.1 Å². The van der Waals surface area contributed by atoms with E-state index in [0.717, 1.165) is 18.5 Å². The quantitative estimate of drug-likeness (QED) is 0.850. The summed E-state index contributed by atoms with van der Waals surface area (Å²) in [4.78, 5) is 0. The van der Waals surface area contributed by atoms with Gasteiger partial charge in [-0.3, -0.25) is 0 Å². The van der Waals surface area contributed by atoms with Crippen molar-refractivity contribution in [3.05, 3.63) is 34.3 Å². The second kappa shape index (κ2) is 5.67. The number of aliphatic hydroxyl groups is 1. The molecule has 1 unspecified atom stereocenters. The van der Waals surface area contributed by atoms with Crippen molar-refractivity contribution in [2.24, 2.45) is 0 Å².